The van der Waals surface area contributed by atoms with E-state index in [-0.39, 0.29) is 17.4 Å². The van der Waals surface area contributed by atoms with Crippen molar-refractivity contribution in [1.29, 1.82) is 0 Å². The molecule has 0 unspecified atom stereocenters. The molecule has 1 fully saturated rings. The van der Waals surface area contributed by atoms with Crippen molar-refractivity contribution in [1.82, 2.24) is 10.3 Å². The number of rotatable bonds is 5. The molecule has 132 valence electrons. The van der Waals surface area contributed by atoms with Gasteiger partial charge in [-0.25, -0.2) is 0 Å². The summed E-state index contributed by atoms with van der Waals surface area (Å²) in [5.41, 5.74) is 8.25. The van der Waals surface area contributed by atoms with Crippen molar-refractivity contribution in [2.75, 3.05) is 6.54 Å². The first-order chi connectivity index (χ1) is 12.1. The molecule has 1 aromatic carbocycles. The van der Waals surface area contributed by atoms with Gasteiger partial charge in [-0.2, -0.15) is 0 Å². The van der Waals surface area contributed by atoms with Gasteiger partial charge in [0.05, 0.1) is 6.42 Å². The first kappa shape index (κ1) is 17.9. The quantitative estimate of drug-likeness (QED) is 0.863. The molecule has 1 amide bonds. The minimum atomic E-state index is -0.0323. The minimum Gasteiger partial charge on any atom is -0.353 e. The zero-order valence-electron chi connectivity index (χ0n) is 14.2. The molecule has 0 radical (unpaired) electrons. The molecule has 0 bridgehead atoms. The maximum atomic E-state index is 12.2. The van der Waals surface area contributed by atoms with Gasteiger partial charge in [0, 0.05) is 35.4 Å². The number of carbonyl (C=O) groups is 1. The van der Waals surface area contributed by atoms with Crippen LogP contribution in [-0.2, 0) is 16.6 Å². The third-order valence-electron chi connectivity index (χ3n) is 5.22. The summed E-state index contributed by atoms with van der Waals surface area (Å²) in [5.74, 6) is 0.0565. The molecule has 1 saturated carbocycles. The van der Waals surface area contributed by atoms with E-state index in [9.17, 15) is 4.79 Å². The topological polar surface area (TPSA) is 68.0 Å². The molecule has 25 heavy (non-hydrogen) atoms. The summed E-state index contributed by atoms with van der Waals surface area (Å²) >= 11 is 6.15. The van der Waals surface area contributed by atoms with E-state index >= 15 is 0 Å². The number of nitrogens with zero attached hydrogens (tertiary/aromatic N) is 1. The molecule has 4 nitrogen and oxygen atoms in total. The normalized spacial score (nSPS) is 23.2. The van der Waals surface area contributed by atoms with Gasteiger partial charge in [0.2, 0.25) is 5.91 Å². The average Bonchev–Trinajstić information content (AvgIpc) is 2.63. The Bertz CT molecular complexity index is 712. The number of nitrogens with two attached hydrogens (primary N) is 1. The number of halogens is 1. The highest BCUT2D eigenvalue weighted by molar-refractivity contribution is 6.30. The zero-order valence-corrected chi connectivity index (χ0v) is 15.0. The number of carbonyl (C=O) groups excluding carboxylic acids is 1. The number of hydrogen-bond acceptors (Lipinski definition) is 3. The Hall–Kier alpha value is -1.91. The van der Waals surface area contributed by atoms with Crippen LogP contribution >= 0.6 is 11.6 Å². The van der Waals surface area contributed by atoms with Crippen LogP contribution in [0.3, 0.4) is 0 Å². The minimum absolute atomic E-state index is 0.0323. The van der Waals surface area contributed by atoms with Gasteiger partial charge < -0.3 is 11.1 Å². The second-order valence-corrected chi connectivity index (χ2v) is 7.31. The Kier molecular flexibility index (Phi) is 5.71. The van der Waals surface area contributed by atoms with Crippen LogP contribution in [0.15, 0.2) is 48.8 Å². The summed E-state index contributed by atoms with van der Waals surface area (Å²) in [6.45, 7) is 0.601. The van der Waals surface area contributed by atoms with Gasteiger partial charge in [-0.05, 0) is 55.0 Å². The molecule has 2 aromatic rings. The van der Waals surface area contributed by atoms with Crippen LogP contribution in [0.2, 0.25) is 5.02 Å². The molecular formula is C20H24ClN3O. The first-order valence-corrected chi connectivity index (χ1v) is 9.13. The standard InChI is InChI=1S/C20H24ClN3O/c21-17-5-1-4-16(12-17)20(14-22)8-6-18(7-9-20)24-19(25)11-15-3-2-10-23-13-15/h1-5,10,12-13,18H,6-9,11,14,22H2,(H,24,25). The molecule has 1 aliphatic carbocycles. The number of nitrogens with one attached hydrogen (secondary N) is 1. The lowest BCUT2D eigenvalue weighted by atomic mass is 9.68. The lowest BCUT2D eigenvalue weighted by molar-refractivity contribution is -0.121. The maximum Gasteiger partial charge on any atom is 0.224 e. The van der Waals surface area contributed by atoms with Crippen molar-refractivity contribution in [2.24, 2.45) is 5.73 Å². The Morgan fingerprint density at radius 1 is 1.28 bits per heavy atom. The van der Waals surface area contributed by atoms with Crippen LogP contribution in [0.25, 0.3) is 0 Å². The summed E-state index contributed by atoms with van der Waals surface area (Å²) < 4.78 is 0. The summed E-state index contributed by atoms with van der Waals surface area (Å²) in [7, 11) is 0. The molecular weight excluding hydrogens is 334 g/mol. The van der Waals surface area contributed by atoms with Crippen molar-refractivity contribution in [3.8, 4) is 0 Å². The van der Waals surface area contributed by atoms with Gasteiger partial charge in [-0.15, -0.1) is 0 Å². The molecule has 0 spiro atoms. The van der Waals surface area contributed by atoms with E-state index in [1.807, 2.05) is 30.3 Å². The van der Waals surface area contributed by atoms with Crippen LogP contribution in [0.4, 0.5) is 0 Å². The second kappa shape index (κ2) is 7.98. The smallest absolute Gasteiger partial charge is 0.224 e. The highest BCUT2D eigenvalue weighted by Crippen LogP contribution is 2.39. The predicted molar refractivity (Wildman–Crippen MR) is 101 cm³/mol. The molecule has 3 rings (SSSR count). The zero-order chi connectivity index (χ0) is 17.7. The second-order valence-electron chi connectivity index (χ2n) is 6.87. The number of aromatic nitrogens is 1. The molecule has 0 aliphatic heterocycles. The van der Waals surface area contributed by atoms with E-state index in [0.717, 1.165) is 36.3 Å². The van der Waals surface area contributed by atoms with E-state index in [1.54, 1.807) is 12.4 Å². The molecule has 1 heterocycles. The van der Waals surface area contributed by atoms with Crippen molar-refractivity contribution in [2.45, 2.75) is 43.6 Å². The van der Waals surface area contributed by atoms with E-state index in [0.29, 0.717) is 13.0 Å². The highest BCUT2D eigenvalue weighted by atomic mass is 35.5. The van der Waals surface area contributed by atoms with Gasteiger partial charge in [0.1, 0.15) is 0 Å². The third kappa shape index (κ3) is 4.39. The fraction of sp³-hybridized carbons (Fsp3) is 0.400. The van der Waals surface area contributed by atoms with Gasteiger partial charge in [0.25, 0.3) is 0 Å². The molecule has 0 atom stereocenters. The fourth-order valence-electron chi connectivity index (χ4n) is 3.71. The van der Waals surface area contributed by atoms with Gasteiger partial charge in [0.15, 0.2) is 0 Å². The van der Waals surface area contributed by atoms with Crippen molar-refractivity contribution in [3.05, 3.63) is 64.9 Å². The lowest BCUT2D eigenvalue weighted by Gasteiger charge is -2.40. The largest absolute Gasteiger partial charge is 0.353 e. The molecule has 0 saturated heterocycles. The van der Waals surface area contributed by atoms with Gasteiger partial charge in [-0.1, -0.05) is 29.8 Å². The molecule has 1 aromatic heterocycles. The molecule has 3 N–H and O–H groups in total. The summed E-state index contributed by atoms with van der Waals surface area (Å²) in [6, 6.07) is 12.0. The van der Waals surface area contributed by atoms with Crippen LogP contribution in [0.1, 0.15) is 36.8 Å². The van der Waals surface area contributed by atoms with Crippen molar-refractivity contribution >= 4 is 17.5 Å². The lowest BCUT2D eigenvalue weighted by Crippen LogP contribution is -2.45. The SMILES string of the molecule is NCC1(c2cccc(Cl)c2)CCC(NC(=O)Cc2cccnc2)CC1. The molecule has 1 aliphatic rings. The van der Waals surface area contributed by atoms with Gasteiger partial charge >= 0.3 is 0 Å². The molecule has 5 heteroatoms. The van der Waals surface area contributed by atoms with Crippen LogP contribution in [0, 0.1) is 0 Å². The summed E-state index contributed by atoms with van der Waals surface area (Å²) in [6.07, 6.45) is 7.61. The number of pyridine rings is 1. The Morgan fingerprint density at radius 2 is 2.08 bits per heavy atom. The average molecular weight is 358 g/mol. The van der Waals surface area contributed by atoms with Crippen LogP contribution < -0.4 is 11.1 Å². The monoisotopic (exact) mass is 357 g/mol. The number of benzene rings is 1. The first-order valence-electron chi connectivity index (χ1n) is 8.76. The fourth-order valence-corrected chi connectivity index (χ4v) is 3.90. The van der Waals surface area contributed by atoms with E-state index in [2.05, 4.69) is 16.4 Å². The maximum absolute atomic E-state index is 12.2. The van der Waals surface area contributed by atoms with Crippen molar-refractivity contribution < 1.29 is 4.79 Å². The number of amides is 1. The third-order valence-corrected chi connectivity index (χ3v) is 5.46. The van der Waals surface area contributed by atoms with Crippen molar-refractivity contribution in [3.63, 3.8) is 0 Å². The van der Waals surface area contributed by atoms with Gasteiger partial charge in [-0.3, -0.25) is 9.78 Å². The predicted octanol–water partition coefficient (Wildman–Crippen LogP) is 3.23. The summed E-state index contributed by atoms with van der Waals surface area (Å²) in [5, 5.41) is 3.91. The van der Waals surface area contributed by atoms with Crippen LogP contribution in [0.5, 0.6) is 0 Å². The number of hydrogen-bond donors (Lipinski definition) is 2. The Morgan fingerprint density at radius 3 is 2.72 bits per heavy atom. The summed E-state index contributed by atoms with van der Waals surface area (Å²) in [4.78, 5) is 16.3. The van der Waals surface area contributed by atoms with E-state index in [1.165, 1.54) is 5.56 Å². The Labute approximate surface area is 153 Å². The highest BCUT2D eigenvalue weighted by Gasteiger charge is 2.36. The van der Waals surface area contributed by atoms with E-state index in [4.69, 9.17) is 17.3 Å². The Balaban J connectivity index is 1.58. The van der Waals surface area contributed by atoms with E-state index < -0.39 is 0 Å². The van der Waals surface area contributed by atoms with Crippen LogP contribution in [-0.4, -0.2) is 23.5 Å².